The second kappa shape index (κ2) is 31.1. The van der Waals surface area contributed by atoms with E-state index in [-0.39, 0.29) is 0 Å². The first-order valence-electron chi connectivity index (χ1n) is 19.0. The molecule has 0 spiro atoms. The molecule has 0 aromatic heterocycles. The van der Waals surface area contributed by atoms with Gasteiger partial charge in [-0.1, -0.05) is 199 Å². The summed E-state index contributed by atoms with van der Waals surface area (Å²) in [5.41, 5.74) is 2.01. The largest absolute Gasteiger partial charge is 0.310 e. The van der Waals surface area contributed by atoms with Crippen LogP contribution in [0.15, 0.2) is 24.3 Å². The minimum Gasteiger partial charge on any atom is -0.310 e. The lowest BCUT2D eigenvalue weighted by Gasteiger charge is -2.19. The smallest absolute Gasteiger partial charge is 0.0991 e. The summed E-state index contributed by atoms with van der Waals surface area (Å²) in [4.78, 5) is 0. The van der Waals surface area contributed by atoms with E-state index in [9.17, 15) is 5.26 Å². The summed E-state index contributed by atoms with van der Waals surface area (Å²) in [6.45, 7) is 5.49. The van der Waals surface area contributed by atoms with E-state index >= 15 is 0 Å². The van der Waals surface area contributed by atoms with Gasteiger partial charge in [-0.15, -0.1) is 0 Å². The molecule has 42 heavy (non-hydrogen) atoms. The van der Waals surface area contributed by atoms with E-state index in [1.54, 1.807) is 0 Å². The van der Waals surface area contributed by atoms with Gasteiger partial charge >= 0.3 is 0 Å². The molecule has 0 aliphatic heterocycles. The summed E-state index contributed by atoms with van der Waals surface area (Å²) in [7, 11) is 0. The number of nitriles is 1. The van der Waals surface area contributed by atoms with Crippen LogP contribution in [-0.4, -0.2) is 6.04 Å². The maximum atomic E-state index is 9.25. The Morgan fingerprint density at radius 3 is 1.24 bits per heavy atom. The molecular weight excluding hydrogens is 508 g/mol. The first kappa shape index (κ1) is 38.7. The van der Waals surface area contributed by atoms with Crippen molar-refractivity contribution in [1.82, 2.24) is 5.32 Å². The van der Waals surface area contributed by atoms with Gasteiger partial charge in [0, 0.05) is 12.6 Å². The van der Waals surface area contributed by atoms with E-state index in [1.165, 1.54) is 192 Å². The third-order valence-electron chi connectivity index (χ3n) is 9.21. The van der Waals surface area contributed by atoms with Crippen LogP contribution < -0.4 is 5.32 Å². The molecule has 1 rings (SSSR count). The van der Waals surface area contributed by atoms with Crippen molar-refractivity contribution in [1.29, 1.82) is 5.26 Å². The van der Waals surface area contributed by atoms with Crippen molar-refractivity contribution in [3.05, 3.63) is 35.4 Å². The summed E-state index contributed by atoms with van der Waals surface area (Å²) in [6, 6.07) is 11.0. The van der Waals surface area contributed by atoms with Crippen LogP contribution in [0, 0.1) is 11.3 Å². The van der Waals surface area contributed by atoms with Gasteiger partial charge in [0.25, 0.3) is 0 Å². The number of unbranched alkanes of at least 4 members (excludes halogenated alkanes) is 25. The second-order valence-corrected chi connectivity index (χ2v) is 13.3. The molecular formula is C40H72N2. The van der Waals surface area contributed by atoms with Crippen LogP contribution in [-0.2, 0) is 6.54 Å². The van der Waals surface area contributed by atoms with Crippen LogP contribution in [0.3, 0.4) is 0 Å². The van der Waals surface area contributed by atoms with E-state index in [4.69, 9.17) is 0 Å². The molecule has 0 aliphatic carbocycles. The summed E-state index contributed by atoms with van der Waals surface area (Å²) in [5, 5.41) is 13.1. The molecule has 0 amide bonds. The fraction of sp³-hybridized carbons (Fsp3) is 0.825. The van der Waals surface area contributed by atoms with E-state index in [2.05, 4.69) is 31.3 Å². The SMILES string of the molecule is CCCCCCCCCCCCCCCCC(CCCCCCCCCCCCCCC)NCc1cccc(C#N)c1. The Morgan fingerprint density at radius 1 is 0.524 bits per heavy atom. The number of hydrogen-bond donors (Lipinski definition) is 1. The maximum absolute atomic E-state index is 9.25. The van der Waals surface area contributed by atoms with Gasteiger partial charge in [0.1, 0.15) is 0 Å². The molecule has 0 radical (unpaired) electrons. The first-order chi connectivity index (χ1) is 20.8. The Morgan fingerprint density at radius 2 is 0.881 bits per heavy atom. The van der Waals surface area contributed by atoms with Gasteiger partial charge in [-0.05, 0) is 30.5 Å². The van der Waals surface area contributed by atoms with Gasteiger partial charge in [-0.2, -0.15) is 5.26 Å². The standard InChI is InChI=1S/C40H72N2/c1-3-5-7-9-11-13-15-17-19-21-23-25-27-29-34-40(42-37-39-32-30-31-38(35-39)36-41)33-28-26-24-22-20-18-16-14-12-10-8-6-4-2/h30-32,35,40,42H,3-29,33-34,37H2,1-2H3. The molecule has 0 saturated carbocycles. The summed E-state index contributed by atoms with van der Waals surface area (Å²) in [6.07, 6.45) is 41.0. The minimum absolute atomic E-state index is 0.612. The summed E-state index contributed by atoms with van der Waals surface area (Å²) in [5.74, 6) is 0. The fourth-order valence-corrected chi connectivity index (χ4v) is 6.36. The predicted octanol–water partition coefficient (Wildman–Crippen LogP) is 13.4. The van der Waals surface area contributed by atoms with Crippen molar-refractivity contribution in [3.63, 3.8) is 0 Å². The average molecular weight is 581 g/mol. The van der Waals surface area contributed by atoms with Gasteiger partial charge in [0.2, 0.25) is 0 Å². The summed E-state index contributed by atoms with van der Waals surface area (Å²) >= 11 is 0. The molecule has 242 valence electrons. The lowest BCUT2D eigenvalue weighted by molar-refractivity contribution is 0.409. The van der Waals surface area contributed by atoms with Gasteiger partial charge in [0.15, 0.2) is 0 Å². The zero-order valence-corrected chi connectivity index (χ0v) is 28.5. The molecule has 2 nitrogen and oxygen atoms in total. The highest BCUT2D eigenvalue weighted by atomic mass is 14.9. The van der Waals surface area contributed by atoms with E-state index < -0.39 is 0 Å². The first-order valence-corrected chi connectivity index (χ1v) is 19.0. The lowest BCUT2D eigenvalue weighted by Crippen LogP contribution is -2.28. The maximum Gasteiger partial charge on any atom is 0.0991 e. The minimum atomic E-state index is 0.612. The Balaban J connectivity index is 2.14. The highest BCUT2D eigenvalue weighted by Gasteiger charge is 2.09. The monoisotopic (exact) mass is 581 g/mol. The van der Waals surface area contributed by atoms with E-state index in [0.717, 1.165) is 12.1 Å². The molecule has 0 heterocycles. The van der Waals surface area contributed by atoms with Crippen LogP contribution in [0.2, 0.25) is 0 Å². The third-order valence-corrected chi connectivity index (χ3v) is 9.21. The number of hydrogen-bond acceptors (Lipinski definition) is 2. The molecule has 1 unspecified atom stereocenters. The van der Waals surface area contributed by atoms with Crippen molar-refractivity contribution in [3.8, 4) is 6.07 Å². The lowest BCUT2D eigenvalue weighted by atomic mass is 9.99. The van der Waals surface area contributed by atoms with Gasteiger partial charge in [-0.25, -0.2) is 0 Å². The Hall–Kier alpha value is -1.33. The topological polar surface area (TPSA) is 35.8 Å². The normalized spacial score (nSPS) is 12.0. The van der Waals surface area contributed by atoms with Gasteiger partial charge < -0.3 is 5.32 Å². The average Bonchev–Trinajstić information content (AvgIpc) is 3.01. The van der Waals surface area contributed by atoms with Crippen LogP contribution >= 0.6 is 0 Å². The highest BCUT2D eigenvalue weighted by molar-refractivity contribution is 5.32. The molecule has 1 aromatic rings. The highest BCUT2D eigenvalue weighted by Crippen LogP contribution is 2.18. The van der Waals surface area contributed by atoms with Crippen molar-refractivity contribution in [2.24, 2.45) is 0 Å². The fourth-order valence-electron chi connectivity index (χ4n) is 6.36. The summed E-state index contributed by atoms with van der Waals surface area (Å²) < 4.78 is 0. The number of nitrogens with one attached hydrogen (secondary N) is 1. The van der Waals surface area contributed by atoms with Crippen molar-refractivity contribution in [2.75, 3.05) is 0 Å². The predicted molar refractivity (Wildman–Crippen MR) is 187 cm³/mol. The zero-order valence-electron chi connectivity index (χ0n) is 28.5. The number of rotatable bonds is 32. The number of nitrogens with zero attached hydrogens (tertiary/aromatic N) is 1. The van der Waals surface area contributed by atoms with Gasteiger partial charge in [-0.3, -0.25) is 0 Å². The van der Waals surface area contributed by atoms with Crippen LogP contribution in [0.25, 0.3) is 0 Å². The van der Waals surface area contributed by atoms with E-state index in [0.29, 0.717) is 6.04 Å². The Labute approximate surface area is 264 Å². The van der Waals surface area contributed by atoms with Crippen molar-refractivity contribution >= 4 is 0 Å². The third kappa shape index (κ3) is 25.2. The van der Waals surface area contributed by atoms with Crippen LogP contribution in [0.1, 0.15) is 211 Å². The molecule has 0 saturated heterocycles. The van der Waals surface area contributed by atoms with Gasteiger partial charge in [0.05, 0.1) is 11.6 Å². The molecule has 0 aliphatic rings. The zero-order chi connectivity index (χ0) is 30.2. The van der Waals surface area contributed by atoms with Crippen LogP contribution in [0.4, 0.5) is 0 Å². The van der Waals surface area contributed by atoms with Crippen LogP contribution in [0.5, 0.6) is 0 Å². The molecule has 2 heteroatoms. The molecule has 0 bridgehead atoms. The Kier molecular flexibility index (Phi) is 28.7. The molecule has 1 N–H and O–H groups in total. The van der Waals surface area contributed by atoms with Crippen molar-refractivity contribution in [2.45, 2.75) is 213 Å². The van der Waals surface area contributed by atoms with E-state index in [1.807, 2.05) is 18.2 Å². The molecule has 1 aromatic carbocycles. The molecule has 1 atom stereocenters. The second-order valence-electron chi connectivity index (χ2n) is 13.3. The Bertz CT molecular complexity index is 721. The quantitative estimate of drug-likeness (QED) is 0.0860. The number of benzene rings is 1. The van der Waals surface area contributed by atoms with Crippen molar-refractivity contribution < 1.29 is 0 Å². The molecule has 0 fully saturated rings.